The number of ether oxygens (including phenoxy) is 1. The molecule has 2 fully saturated rings. The molecule has 3 aromatic rings. The van der Waals surface area contributed by atoms with Gasteiger partial charge in [0, 0.05) is 43.1 Å². The van der Waals surface area contributed by atoms with E-state index in [1.54, 1.807) is 0 Å². The van der Waals surface area contributed by atoms with Crippen LogP contribution in [-0.4, -0.2) is 55.5 Å². The van der Waals surface area contributed by atoms with Gasteiger partial charge in [0.05, 0.1) is 24.8 Å². The van der Waals surface area contributed by atoms with Gasteiger partial charge in [-0.05, 0) is 62.2 Å². The molecule has 1 atom stereocenters. The van der Waals surface area contributed by atoms with E-state index in [1.807, 2.05) is 36.4 Å². The molecule has 3 heterocycles. The third kappa shape index (κ3) is 5.20. The lowest BCUT2D eigenvalue weighted by atomic mass is 9.97. The summed E-state index contributed by atoms with van der Waals surface area (Å²) in [6, 6.07) is 20.4. The van der Waals surface area contributed by atoms with E-state index >= 15 is 0 Å². The Morgan fingerprint density at radius 2 is 1.79 bits per heavy atom. The summed E-state index contributed by atoms with van der Waals surface area (Å²) in [5, 5.41) is 12.0. The number of benzene rings is 2. The van der Waals surface area contributed by atoms with Crippen molar-refractivity contribution in [2.75, 3.05) is 54.5 Å². The molecule has 5 rings (SSSR count). The maximum absolute atomic E-state index is 13.0. The molecule has 0 bridgehead atoms. The fourth-order valence-corrected chi connectivity index (χ4v) is 4.67. The van der Waals surface area contributed by atoms with E-state index in [1.165, 1.54) is 5.56 Å². The molecule has 2 aliphatic heterocycles. The molecule has 7 heteroatoms. The maximum Gasteiger partial charge on any atom is 0.229 e. The van der Waals surface area contributed by atoms with Crippen LogP contribution in [0.25, 0.3) is 11.3 Å². The Hall–Kier alpha value is -3.45. The van der Waals surface area contributed by atoms with Crippen LogP contribution in [0.2, 0.25) is 0 Å². The molecule has 176 valence electrons. The molecule has 1 amide bonds. The number of piperidine rings is 1. The van der Waals surface area contributed by atoms with Gasteiger partial charge in [0.15, 0.2) is 5.82 Å². The van der Waals surface area contributed by atoms with E-state index in [4.69, 9.17) is 4.74 Å². The van der Waals surface area contributed by atoms with Crippen molar-refractivity contribution in [2.24, 2.45) is 5.92 Å². The summed E-state index contributed by atoms with van der Waals surface area (Å²) in [4.78, 5) is 17.5. The second-order valence-electron chi connectivity index (χ2n) is 9.07. The largest absolute Gasteiger partial charge is 0.378 e. The van der Waals surface area contributed by atoms with Crippen LogP contribution in [0.4, 0.5) is 17.2 Å². The molecule has 0 radical (unpaired) electrons. The van der Waals surface area contributed by atoms with Gasteiger partial charge in [-0.3, -0.25) is 4.79 Å². The first-order chi connectivity index (χ1) is 16.7. The fraction of sp³-hybridized carbons (Fsp3) is 0.370. The van der Waals surface area contributed by atoms with Crippen molar-refractivity contribution in [2.45, 2.75) is 19.8 Å². The van der Waals surface area contributed by atoms with Crippen molar-refractivity contribution in [3.8, 4) is 11.3 Å². The number of hydrogen-bond donors (Lipinski definition) is 1. The molecule has 2 aliphatic rings. The summed E-state index contributed by atoms with van der Waals surface area (Å²) in [5.74, 6) is 0.808. The minimum atomic E-state index is -0.0779. The molecular formula is C27H31N5O2. The number of morpholine rings is 1. The van der Waals surface area contributed by atoms with E-state index in [9.17, 15) is 4.79 Å². The molecular weight excluding hydrogens is 426 g/mol. The van der Waals surface area contributed by atoms with Crippen LogP contribution in [0.5, 0.6) is 0 Å². The van der Waals surface area contributed by atoms with Gasteiger partial charge >= 0.3 is 0 Å². The van der Waals surface area contributed by atoms with E-state index in [0.29, 0.717) is 6.54 Å². The highest BCUT2D eigenvalue weighted by atomic mass is 16.5. The number of nitrogens with zero attached hydrogens (tertiary/aromatic N) is 4. The first kappa shape index (κ1) is 22.3. The van der Waals surface area contributed by atoms with Gasteiger partial charge in [0.2, 0.25) is 5.91 Å². The van der Waals surface area contributed by atoms with Gasteiger partial charge in [0.1, 0.15) is 0 Å². The van der Waals surface area contributed by atoms with Crippen molar-refractivity contribution >= 4 is 23.1 Å². The minimum Gasteiger partial charge on any atom is -0.378 e. The monoisotopic (exact) mass is 457 g/mol. The molecule has 0 spiro atoms. The molecule has 1 N–H and O–H groups in total. The van der Waals surface area contributed by atoms with E-state index in [-0.39, 0.29) is 11.8 Å². The van der Waals surface area contributed by atoms with Gasteiger partial charge in [-0.1, -0.05) is 23.8 Å². The van der Waals surface area contributed by atoms with Crippen LogP contribution < -0.4 is 15.1 Å². The van der Waals surface area contributed by atoms with Crippen molar-refractivity contribution in [1.82, 2.24) is 10.2 Å². The zero-order valence-electron chi connectivity index (χ0n) is 19.6. The first-order valence-electron chi connectivity index (χ1n) is 12.0. The lowest BCUT2D eigenvalue weighted by Crippen LogP contribution is -2.41. The topological polar surface area (TPSA) is 70.6 Å². The number of aromatic nitrogens is 2. The zero-order chi connectivity index (χ0) is 23.3. The molecule has 7 nitrogen and oxygen atoms in total. The first-order valence-corrected chi connectivity index (χ1v) is 12.0. The van der Waals surface area contributed by atoms with Crippen LogP contribution in [0.15, 0.2) is 60.7 Å². The standard InChI is InChI=1S/C27H31N5O2/c1-20-4-2-5-21(18-20)25-11-12-26(30-29-25)32-13-3-6-22(19-32)27(33)28-23-7-9-24(10-8-23)31-14-16-34-17-15-31/h2,4-5,7-12,18,22H,3,6,13-17,19H2,1H3,(H,28,33)/t22-/m0/s1. The highest BCUT2D eigenvalue weighted by molar-refractivity contribution is 5.93. The lowest BCUT2D eigenvalue weighted by Gasteiger charge is -2.32. The third-order valence-electron chi connectivity index (χ3n) is 6.59. The Bertz CT molecular complexity index is 1110. The number of carbonyl (C=O) groups excluding carboxylic acids is 1. The number of aryl methyl sites for hydroxylation is 1. The Morgan fingerprint density at radius 1 is 0.971 bits per heavy atom. The number of hydrogen-bond acceptors (Lipinski definition) is 6. The van der Waals surface area contributed by atoms with Crippen molar-refractivity contribution in [3.05, 3.63) is 66.2 Å². The third-order valence-corrected chi connectivity index (χ3v) is 6.59. The predicted octanol–water partition coefficient (Wildman–Crippen LogP) is 4.14. The summed E-state index contributed by atoms with van der Waals surface area (Å²) in [7, 11) is 0. The van der Waals surface area contributed by atoms with Crippen molar-refractivity contribution in [1.29, 1.82) is 0 Å². The minimum absolute atomic E-state index is 0.0631. The van der Waals surface area contributed by atoms with Gasteiger partial charge in [-0.2, -0.15) is 0 Å². The Labute approximate surface area is 200 Å². The highest BCUT2D eigenvalue weighted by Gasteiger charge is 2.27. The van der Waals surface area contributed by atoms with Crippen LogP contribution in [0.1, 0.15) is 18.4 Å². The van der Waals surface area contributed by atoms with Crippen LogP contribution in [0.3, 0.4) is 0 Å². The lowest BCUT2D eigenvalue weighted by molar-refractivity contribution is -0.120. The molecule has 34 heavy (non-hydrogen) atoms. The van der Waals surface area contributed by atoms with Gasteiger partial charge < -0.3 is 19.9 Å². The summed E-state index contributed by atoms with van der Waals surface area (Å²) >= 11 is 0. The SMILES string of the molecule is Cc1cccc(-c2ccc(N3CCC[C@H](C(=O)Nc4ccc(N5CCOCC5)cc4)C3)nn2)c1. The predicted molar refractivity (Wildman–Crippen MR) is 135 cm³/mol. The quantitative estimate of drug-likeness (QED) is 0.621. The number of carbonyl (C=O) groups is 1. The number of nitrogens with one attached hydrogen (secondary N) is 1. The van der Waals surface area contributed by atoms with Gasteiger partial charge in [-0.15, -0.1) is 10.2 Å². The highest BCUT2D eigenvalue weighted by Crippen LogP contribution is 2.25. The zero-order valence-corrected chi connectivity index (χ0v) is 19.6. The van der Waals surface area contributed by atoms with Crippen molar-refractivity contribution in [3.63, 3.8) is 0 Å². The molecule has 2 saturated heterocycles. The second-order valence-corrected chi connectivity index (χ2v) is 9.07. The normalized spacial score (nSPS) is 18.6. The second kappa shape index (κ2) is 10.2. The summed E-state index contributed by atoms with van der Waals surface area (Å²) in [5.41, 5.74) is 5.12. The molecule has 2 aromatic carbocycles. The van der Waals surface area contributed by atoms with Gasteiger partial charge in [0.25, 0.3) is 0 Å². The van der Waals surface area contributed by atoms with Crippen molar-refractivity contribution < 1.29 is 9.53 Å². The average molecular weight is 458 g/mol. The number of amides is 1. The fourth-order valence-electron chi connectivity index (χ4n) is 4.67. The Morgan fingerprint density at radius 3 is 2.53 bits per heavy atom. The molecule has 0 unspecified atom stereocenters. The van der Waals surface area contributed by atoms with Crippen LogP contribution in [0, 0.1) is 12.8 Å². The van der Waals surface area contributed by atoms with E-state index in [0.717, 1.165) is 74.1 Å². The Kier molecular flexibility index (Phi) is 6.72. The molecule has 0 saturated carbocycles. The van der Waals surface area contributed by atoms with Crippen LogP contribution in [-0.2, 0) is 9.53 Å². The van der Waals surface area contributed by atoms with Gasteiger partial charge in [-0.25, -0.2) is 0 Å². The molecule has 0 aliphatic carbocycles. The summed E-state index contributed by atoms with van der Waals surface area (Å²) < 4.78 is 5.42. The summed E-state index contributed by atoms with van der Waals surface area (Å²) in [6.07, 6.45) is 1.83. The van der Waals surface area contributed by atoms with Crippen LogP contribution >= 0.6 is 0 Å². The summed E-state index contributed by atoms with van der Waals surface area (Å²) in [6.45, 7) is 6.93. The maximum atomic E-state index is 13.0. The Balaban J connectivity index is 1.19. The smallest absolute Gasteiger partial charge is 0.229 e. The number of anilines is 3. The average Bonchev–Trinajstić information content (AvgIpc) is 2.90. The molecule has 1 aromatic heterocycles. The van der Waals surface area contributed by atoms with E-state index < -0.39 is 0 Å². The van der Waals surface area contributed by atoms with E-state index in [2.05, 4.69) is 56.5 Å². The number of rotatable bonds is 5.